The molecule has 0 saturated carbocycles. The number of hydrogen-bond acceptors (Lipinski definition) is 3. The van der Waals surface area contributed by atoms with Crippen molar-refractivity contribution in [3.63, 3.8) is 0 Å². The zero-order chi connectivity index (χ0) is 12.2. The quantitative estimate of drug-likeness (QED) is 0.846. The predicted octanol–water partition coefficient (Wildman–Crippen LogP) is 1.23. The standard InChI is InChI=1S/C11H17NO3S/c1-9-6-4-5-7-10(9)11(15-2)8-12-16(3,13)14/h4-7,11-12H,8H2,1-3H3/t11-/m1/s1. The lowest BCUT2D eigenvalue weighted by molar-refractivity contribution is 0.107. The van der Waals surface area contributed by atoms with Crippen LogP contribution in [0.15, 0.2) is 24.3 Å². The lowest BCUT2D eigenvalue weighted by Crippen LogP contribution is -2.28. The lowest BCUT2D eigenvalue weighted by Gasteiger charge is -2.17. The van der Waals surface area contributed by atoms with Gasteiger partial charge < -0.3 is 4.74 Å². The van der Waals surface area contributed by atoms with Gasteiger partial charge in [-0.2, -0.15) is 0 Å². The second-order valence-corrected chi connectivity index (χ2v) is 5.53. The molecule has 0 saturated heterocycles. The highest BCUT2D eigenvalue weighted by Crippen LogP contribution is 2.19. The third kappa shape index (κ3) is 3.92. The summed E-state index contributed by atoms with van der Waals surface area (Å²) in [4.78, 5) is 0. The molecule has 5 heteroatoms. The molecule has 0 radical (unpaired) electrons. The third-order valence-corrected chi connectivity index (χ3v) is 3.04. The van der Waals surface area contributed by atoms with Crippen molar-refractivity contribution in [3.05, 3.63) is 35.4 Å². The average molecular weight is 243 g/mol. The van der Waals surface area contributed by atoms with E-state index in [4.69, 9.17) is 4.74 Å². The Balaban J connectivity index is 2.79. The van der Waals surface area contributed by atoms with E-state index in [-0.39, 0.29) is 12.6 Å². The van der Waals surface area contributed by atoms with Gasteiger partial charge in [-0.3, -0.25) is 0 Å². The van der Waals surface area contributed by atoms with Gasteiger partial charge in [-0.05, 0) is 18.1 Å². The van der Waals surface area contributed by atoms with Crippen LogP contribution in [0.5, 0.6) is 0 Å². The summed E-state index contributed by atoms with van der Waals surface area (Å²) in [6.07, 6.45) is 0.883. The molecule has 1 rings (SSSR count). The van der Waals surface area contributed by atoms with Crippen molar-refractivity contribution >= 4 is 10.0 Å². The Morgan fingerprint density at radius 1 is 1.38 bits per heavy atom. The van der Waals surface area contributed by atoms with Gasteiger partial charge in [-0.1, -0.05) is 24.3 Å². The molecule has 0 unspecified atom stereocenters. The van der Waals surface area contributed by atoms with Crippen molar-refractivity contribution in [2.45, 2.75) is 13.0 Å². The van der Waals surface area contributed by atoms with Crippen molar-refractivity contribution in [1.29, 1.82) is 0 Å². The summed E-state index contributed by atoms with van der Waals surface area (Å²) in [5.41, 5.74) is 2.09. The second-order valence-electron chi connectivity index (χ2n) is 3.70. The van der Waals surface area contributed by atoms with Crippen molar-refractivity contribution in [2.24, 2.45) is 0 Å². The number of nitrogens with one attached hydrogen (secondary N) is 1. The number of benzene rings is 1. The highest BCUT2D eigenvalue weighted by atomic mass is 32.2. The number of ether oxygens (including phenoxy) is 1. The highest BCUT2D eigenvalue weighted by Gasteiger charge is 2.14. The van der Waals surface area contributed by atoms with Gasteiger partial charge in [-0.15, -0.1) is 0 Å². The number of aryl methyl sites for hydroxylation is 1. The zero-order valence-corrected chi connectivity index (χ0v) is 10.5. The van der Waals surface area contributed by atoms with Crippen LogP contribution in [0.25, 0.3) is 0 Å². The first-order valence-corrected chi connectivity index (χ1v) is 6.86. The van der Waals surface area contributed by atoms with Crippen LogP contribution in [0, 0.1) is 6.92 Å². The summed E-state index contributed by atoms with van der Waals surface area (Å²) < 4.78 is 29.7. The van der Waals surface area contributed by atoms with Crippen LogP contribution in [0.4, 0.5) is 0 Å². The molecular formula is C11H17NO3S. The number of hydrogen-bond donors (Lipinski definition) is 1. The Morgan fingerprint density at radius 2 is 2.00 bits per heavy atom. The molecule has 1 aromatic carbocycles. The maximum absolute atomic E-state index is 11.0. The first-order valence-electron chi connectivity index (χ1n) is 4.97. The molecular weight excluding hydrogens is 226 g/mol. The van der Waals surface area contributed by atoms with Crippen molar-refractivity contribution in [2.75, 3.05) is 19.9 Å². The van der Waals surface area contributed by atoms with Gasteiger partial charge in [0.1, 0.15) is 0 Å². The minimum absolute atomic E-state index is 0.250. The van der Waals surface area contributed by atoms with Gasteiger partial charge in [0.15, 0.2) is 0 Å². The molecule has 0 fully saturated rings. The summed E-state index contributed by atoms with van der Waals surface area (Å²) in [7, 11) is -1.61. The molecule has 1 N–H and O–H groups in total. The topological polar surface area (TPSA) is 55.4 Å². The smallest absolute Gasteiger partial charge is 0.208 e. The Morgan fingerprint density at radius 3 is 2.50 bits per heavy atom. The van der Waals surface area contributed by atoms with E-state index in [0.717, 1.165) is 17.4 Å². The zero-order valence-electron chi connectivity index (χ0n) is 9.73. The maximum atomic E-state index is 11.0. The monoisotopic (exact) mass is 243 g/mol. The van der Waals surface area contributed by atoms with Gasteiger partial charge in [0.2, 0.25) is 10.0 Å². The second kappa shape index (κ2) is 5.43. The molecule has 0 aliphatic heterocycles. The SMILES string of the molecule is CO[C@H](CNS(C)(=O)=O)c1ccccc1C. The largest absolute Gasteiger partial charge is 0.375 e. The van der Waals surface area contributed by atoms with E-state index < -0.39 is 10.0 Å². The Labute approximate surface area is 96.7 Å². The molecule has 0 heterocycles. The molecule has 1 atom stereocenters. The third-order valence-electron chi connectivity index (χ3n) is 2.35. The van der Waals surface area contributed by atoms with E-state index in [2.05, 4.69) is 4.72 Å². The molecule has 1 aromatic rings. The molecule has 0 spiro atoms. The number of sulfonamides is 1. The van der Waals surface area contributed by atoms with E-state index in [1.54, 1.807) is 7.11 Å². The minimum Gasteiger partial charge on any atom is -0.375 e. The summed E-state index contributed by atoms with van der Waals surface area (Å²) in [5.74, 6) is 0. The van der Waals surface area contributed by atoms with Gasteiger partial charge in [-0.25, -0.2) is 13.1 Å². The minimum atomic E-state index is -3.18. The Hall–Kier alpha value is -0.910. The fourth-order valence-electron chi connectivity index (χ4n) is 1.50. The van der Waals surface area contributed by atoms with Gasteiger partial charge in [0, 0.05) is 13.7 Å². The highest BCUT2D eigenvalue weighted by molar-refractivity contribution is 7.88. The molecule has 0 aliphatic carbocycles. The summed E-state index contributed by atoms with van der Waals surface area (Å²) >= 11 is 0. The normalized spacial score (nSPS) is 13.7. The molecule has 0 aliphatic rings. The van der Waals surface area contributed by atoms with Crippen LogP contribution in [0.1, 0.15) is 17.2 Å². The maximum Gasteiger partial charge on any atom is 0.208 e. The van der Waals surface area contributed by atoms with Gasteiger partial charge in [0.25, 0.3) is 0 Å². The lowest BCUT2D eigenvalue weighted by atomic mass is 10.0. The first kappa shape index (κ1) is 13.2. The summed E-state index contributed by atoms with van der Waals surface area (Å²) in [6.45, 7) is 2.22. The fourth-order valence-corrected chi connectivity index (χ4v) is 1.95. The van der Waals surface area contributed by atoms with Crippen LogP contribution in [-0.2, 0) is 14.8 Å². The van der Waals surface area contributed by atoms with Crippen molar-refractivity contribution < 1.29 is 13.2 Å². The molecule has 0 aromatic heterocycles. The van der Waals surface area contributed by atoms with Crippen molar-refractivity contribution in [1.82, 2.24) is 4.72 Å². The molecule has 0 amide bonds. The van der Waals surface area contributed by atoms with E-state index in [9.17, 15) is 8.42 Å². The van der Waals surface area contributed by atoms with E-state index in [1.807, 2.05) is 31.2 Å². The van der Waals surface area contributed by atoms with Crippen LogP contribution in [0.3, 0.4) is 0 Å². The van der Waals surface area contributed by atoms with Gasteiger partial charge in [0.05, 0.1) is 12.4 Å². The van der Waals surface area contributed by atoms with E-state index in [0.29, 0.717) is 0 Å². The predicted molar refractivity (Wildman–Crippen MR) is 63.8 cm³/mol. The molecule has 0 bridgehead atoms. The first-order chi connectivity index (χ1) is 7.44. The van der Waals surface area contributed by atoms with E-state index >= 15 is 0 Å². The Kier molecular flexibility index (Phi) is 4.46. The Bertz CT molecular complexity index is 442. The fraction of sp³-hybridized carbons (Fsp3) is 0.455. The molecule has 90 valence electrons. The van der Waals surface area contributed by atoms with Gasteiger partial charge >= 0.3 is 0 Å². The van der Waals surface area contributed by atoms with Crippen LogP contribution >= 0.6 is 0 Å². The molecule has 4 nitrogen and oxygen atoms in total. The summed E-state index contributed by atoms with van der Waals surface area (Å²) in [6, 6.07) is 7.76. The number of methoxy groups -OCH3 is 1. The molecule has 16 heavy (non-hydrogen) atoms. The van der Waals surface area contributed by atoms with Crippen LogP contribution in [-0.4, -0.2) is 28.3 Å². The average Bonchev–Trinajstić information content (AvgIpc) is 2.20. The number of rotatable bonds is 5. The van der Waals surface area contributed by atoms with Crippen molar-refractivity contribution in [3.8, 4) is 0 Å². The van der Waals surface area contributed by atoms with E-state index in [1.165, 1.54) is 0 Å². The van der Waals surface area contributed by atoms with Crippen LogP contribution < -0.4 is 4.72 Å². The van der Waals surface area contributed by atoms with Crippen LogP contribution in [0.2, 0.25) is 0 Å². The summed E-state index contributed by atoms with van der Waals surface area (Å²) in [5, 5.41) is 0.